The van der Waals surface area contributed by atoms with Gasteiger partial charge in [0.15, 0.2) is 6.23 Å². The first-order chi connectivity index (χ1) is 8.56. The minimum atomic E-state index is -0.554. The van der Waals surface area contributed by atoms with Crippen LogP contribution in [-0.4, -0.2) is 31.2 Å². The maximum atomic E-state index is 11.7. The van der Waals surface area contributed by atoms with Gasteiger partial charge in [0.25, 0.3) is 0 Å². The lowest BCUT2D eigenvalue weighted by molar-refractivity contribution is -0.144. The highest BCUT2D eigenvalue weighted by atomic mass is 16.6. The van der Waals surface area contributed by atoms with Crippen LogP contribution < -0.4 is 0 Å². The fourth-order valence-corrected chi connectivity index (χ4v) is 2.15. The van der Waals surface area contributed by atoms with E-state index in [9.17, 15) is 4.79 Å². The van der Waals surface area contributed by atoms with E-state index in [0.717, 1.165) is 5.57 Å². The number of nitrogens with zero attached hydrogens (tertiary/aromatic N) is 2. The summed E-state index contributed by atoms with van der Waals surface area (Å²) in [6, 6.07) is 1.95. The van der Waals surface area contributed by atoms with Gasteiger partial charge in [0.05, 0.1) is 0 Å². The summed E-state index contributed by atoms with van der Waals surface area (Å²) < 4.78 is 5.23. The van der Waals surface area contributed by atoms with Crippen LogP contribution in [0, 0.1) is 17.2 Å². The van der Waals surface area contributed by atoms with E-state index in [2.05, 4.69) is 6.58 Å². The van der Waals surface area contributed by atoms with Gasteiger partial charge in [-0.1, -0.05) is 30.9 Å². The Balaban J connectivity index is 2.49. The maximum absolute atomic E-state index is 11.7. The Hall–Kier alpha value is -2.12. The summed E-state index contributed by atoms with van der Waals surface area (Å²) in [6.45, 7) is 3.96. The van der Waals surface area contributed by atoms with E-state index in [-0.39, 0.29) is 11.5 Å². The maximum Gasteiger partial charge on any atom is 0.350 e. The van der Waals surface area contributed by atoms with Crippen molar-refractivity contribution in [3.05, 3.63) is 47.6 Å². The second-order valence-electron chi connectivity index (χ2n) is 4.46. The summed E-state index contributed by atoms with van der Waals surface area (Å²) in [5.74, 6) is -0.703. The molecule has 0 saturated carbocycles. The molecule has 2 atom stereocenters. The number of cyclic esters (lactones) is 1. The molecule has 4 nitrogen and oxygen atoms in total. The molecule has 0 N–H and O–H groups in total. The number of ether oxygens (including phenoxy) is 1. The lowest BCUT2D eigenvalue weighted by atomic mass is 9.85. The third-order valence-electron chi connectivity index (χ3n) is 3.02. The van der Waals surface area contributed by atoms with Crippen LogP contribution in [0.25, 0.3) is 0 Å². The fraction of sp³-hybridized carbons (Fsp3) is 0.286. The predicted octanol–water partition coefficient (Wildman–Crippen LogP) is 1.55. The van der Waals surface area contributed by atoms with E-state index in [4.69, 9.17) is 10.00 Å². The van der Waals surface area contributed by atoms with E-state index in [1.807, 2.05) is 44.5 Å². The summed E-state index contributed by atoms with van der Waals surface area (Å²) >= 11 is 0. The number of likely N-dealkylation sites (N-methyl/N-ethyl adjacent to an activating group) is 1. The zero-order valence-corrected chi connectivity index (χ0v) is 10.4. The smallest absolute Gasteiger partial charge is 0.350 e. The Bertz CT molecular complexity index is 532. The quantitative estimate of drug-likeness (QED) is 0.689. The molecule has 1 aliphatic carbocycles. The molecule has 0 spiro atoms. The molecular weight excluding hydrogens is 228 g/mol. The molecule has 0 aromatic heterocycles. The summed E-state index contributed by atoms with van der Waals surface area (Å²) in [5.41, 5.74) is 1.63. The van der Waals surface area contributed by atoms with Crippen LogP contribution in [0.4, 0.5) is 0 Å². The van der Waals surface area contributed by atoms with E-state index in [1.54, 1.807) is 4.90 Å². The lowest BCUT2D eigenvalue weighted by Gasteiger charge is -2.26. The van der Waals surface area contributed by atoms with Crippen molar-refractivity contribution in [1.29, 1.82) is 5.26 Å². The average molecular weight is 242 g/mol. The highest BCUT2D eigenvalue weighted by molar-refractivity contribution is 5.96. The predicted molar refractivity (Wildman–Crippen MR) is 67.1 cm³/mol. The Labute approximate surface area is 106 Å². The van der Waals surface area contributed by atoms with Crippen molar-refractivity contribution in [2.45, 2.75) is 6.23 Å². The molecule has 92 valence electrons. The average Bonchev–Trinajstić information content (AvgIpc) is 2.67. The number of nitriles is 1. The highest BCUT2D eigenvalue weighted by Crippen LogP contribution is 2.35. The van der Waals surface area contributed by atoms with Crippen molar-refractivity contribution in [2.24, 2.45) is 5.92 Å². The lowest BCUT2D eigenvalue weighted by Crippen LogP contribution is -2.32. The van der Waals surface area contributed by atoms with Crippen molar-refractivity contribution >= 4 is 5.97 Å². The van der Waals surface area contributed by atoms with Gasteiger partial charge < -0.3 is 4.74 Å². The van der Waals surface area contributed by atoms with Crippen LogP contribution in [0.15, 0.2) is 47.6 Å². The molecule has 0 amide bonds. The Morgan fingerprint density at radius 2 is 2.17 bits per heavy atom. The summed E-state index contributed by atoms with van der Waals surface area (Å²) in [7, 11) is 3.62. The summed E-state index contributed by atoms with van der Waals surface area (Å²) in [4.78, 5) is 13.5. The largest absolute Gasteiger partial charge is 0.438 e. The van der Waals surface area contributed by atoms with Crippen molar-refractivity contribution in [3.63, 3.8) is 0 Å². The molecule has 2 unspecified atom stereocenters. The number of hydrogen-bond acceptors (Lipinski definition) is 4. The molecule has 1 heterocycles. The van der Waals surface area contributed by atoms with E-state index >= 15 is 0 Å². The van der Waals surface area contributed by atoms with E-state index < -0.39 is 12.2 Å². The Morgan fingerprint density at radius 3 is 2.72 bits per heavy atom. The van der Waals surface area contributed by atoms with Crippen molar-refractivity contribution < 1.29 is 9.53 Å². The molecular formula is C14H14N2O2. The van der Waals surface area contributed by atoms with Gasteiger partial charge in [0.2, 0.25) is 0 Å². The molecule has 1 aliphatic heterocycles. The fourth-order valence-electron chi connectivity index (χ4n) is 2.15. The third-order valence-corrected chi connectivity index (χ3v) is 3.02. The molecule has 0 saturated heterocycles. The molecule has 0 fully saturated rings. The van der Waals surface area contributed by atoms with Crippen LogP contribution in [0.3, 0.4) is 0 Å². The first-order valence-electron chi connectivity index (χ1n) is 5.61. The topological polar surface area (TPSA) is 53.3 Å². The number of hydrogen-bond donors (Lipinski definition) is 0. The van der Waals surface area contributed by atoms with Crippen LogP contribution >= 0.6 is 0 Å². The number of carbonyl (C=O) groups excluding carboxylic acids is 1. The van der Waals surface area contributed by atoms with Crippen LogP contribution in [0.2, 0.25) is 0 Å². The Morgan fingerprint density at radius 1 is 1.44 bits per heavy atom. The monoisotopic (exact) mass is 242 g/mol. The third kappa shape index (κ3) is 1.89. The van der Waals surface area contributed by atoms with Gasteiger partial charge in [-0.3, -0.25) is 4.90 Å². The molecule has 2 rings (SSSR count). The van der Waals surface area contributed by atoms with Gasteiger partial charge in [0, 0.05) is 11.5 Å². The normalized spacial score (nSPS) is 26.8. The van der Waals surface area contributed by atoms with Crippen molar-refractivity contribution in [2.75, 3.05) is 14.1 Å². The SMILES string of the molecule is C=C1C=CC=CC1C1=C(C#N)C(=O)OC1N(C)C. The van der Waals surface area contributed by atoms with Crippen molar-refractivity contribution in [1.82, 2.24) is 4.90 Å². The first kappa shape index (κ1) is 12.3. The zero-order chi connectivity index (χ0) is 13.3. The molecule has 0 aromatic rings. The summed E-state index contributed by atoms with van der Waals surface area (Å²) in [6.07, 6.45) is 7.07. The van der Waals surface area contributed by atoms with Gasteiger partial charge >= 0.3 is 5.97 Å². The first-order valence-corrected chi connectivity index (χ1v) is 5.61. The van der Waals surface area contributed by atoms with E-state index in [0.29, 0.717) is 5.57 Å². The molecule has 0 aromatic carbocycles. The summed E-state index contributed by atoms with van der Waals surface area (Å²) in [5, 5.41) is 9.12. The number of allylic oxidation sites excluding steroid dienone is 5. The van der Waals surface area contributed by atoms with E-state index in [1.165, 1.54) is 0 Å². The van der Waals surface area contributed by atoms with Gasteiger partial charge in [0.1, 0.15) is 11.6 Å². The second kappa shape index (κ2) is 4.63. The number of esters is 1. The molecule has 0 bridgehead atoms. The zero-order valence-electron chi connectivity index (χ0n) is 10.4. The van der Waals surface area contributed by atoms with Crippen LogP contribution in [-0.2, 0) is 9.53 Å². The number of rotatable bonds is 2. The molecule has 0 radical (unpaired) electrons. The van der Waals surface area contributed by atoms with Gasteiger partial charge in [-0.15, -0.1) is 0 Å². The van der Waals surface area contributed by atoms with Crippen LogP contribution in [0.5, 0.6) is 0 Å². The standard InChI is InChI=1S/C14H14N2O2/c1-9-6-4-5-7-10(9)12-11(8-15)14(17)18-13(12)16(2)3/h4-7,10,13H,1H2,2-3H3. The molecule has 4 heteroatoms. The minimum absolute atomic E-state index is 0.0970. The van der Waals surface area contributed by atoms with Crippen molar-refractivity contribution in [3.8, 4) is 6.07 Å². The molecule has 2 aliphatic rings. The second-order valence-corrected chi connectivity index (χ2v) is 4.46. The van der Waals surface area contributed by atoms with Gasteiger partial charge in [-0.25, -0.2) is 4.79 Å². The highest BCUT2D eigenvalue weighted by Gasteiger charge is 2.39. The van der Waals surface area contributed by atoms with Gasteiger partial charge in [-0.2, -0.15) is 5.26 Å². The van der Waals surface area contributed by atoms with Gasteiger partial charge in [-0.05, 0) is 19.7 Å². The van der Waals surface area contributed by atoms with Crippen LogP contribution in [0.1, 0.15) is 0 Å². The molecule has 18 heavy (non-hydrogen) atoms. The Kier molecular flexibility index (Phi) is 3.17. The number of carbonyl (C=O) groups is 1. The minimum Gasteiger partial charge on any atom is -0.438 e.